The second kappa shape index (κ2) is 6.86. The van der Waals surface area contributed by atoms with Crippen LogP contribution in [0.5, 0.6) is 0 Å². The largest absolute Gasteiger partial charge is 0.384 e. The van der Waals surface area contributed by atoms with Gasteiger partial charge in [-0.25, -0.2) is 0 Å². The molecule has 1 N–H and O–H groups in total. The van der Waals surface area contributed by atoms with Crippen LogP contribution >= 0.6 is 0 Å². The zero-order chi connectivity index (χ0) is 12.0. The van der Waals surface area contributed by atoms with Crippen molar-refractivity contribution in [2.24, 2.45) is 5.92 Å². The molecule has 2 atom stereocenters. The van der Waals surface area contributed by atoms with E-state index in [0.717, 1.165) is 19.5 Å². The molecule has 16 heavy (non-hydrogen) atoms. The number of likely N-dealkylation sites (tertiary alicyclic amines) is 1. The van der Waals surface area contributed by atoms with Gasteiger partial charge >= 0.3 is 0 Å². The molecule has 1 aliphatic heterocycles. The van der Waals surface area contributed by atoms with Crippen LogP contribution in [0.3, 0.4) is 0 Å². The third kappa shape index (κ3) is 4.10. The molecule has 0 aromatic carbocycles. The van der Waals surface area contributed by atoms with E-state index in [4.69, 9.17) is 4.74 Å². The van der Waals surface area contributed by atoms with Gasteiger partial charge in [0.2, 0.25) is 5.91 Å². The van der Waals surface area contributed by atoms with E-state index in [1.807, 2.05) is 11.9 Å². The number of hydrogen-bond donors (Lipinski definition) is 1. The maximum Gasteiger partial charge on any atom is 0.222 e. The maximum absolute atomic E-state index is 12.0. The van der Waals surface area contributed by atoms with Crippen LogP contribution in [0.25, 0.3) is 0 Å². The summed E-state index contributed by atoms with van der Waals surface area (Å²) in [4.78, 5) is 14.0. The number of nitrogens with zero attached hydrogens (tertiary/aromatic N) is 1. The SMILES string of the molecule is CNC1CCCN(C(=O)CC(C)COC)C1. The van der Waals surface area contributed by atoms with Gasteiger partial charge in [-0.1, -0.05) is 6.92 Å². The first-order valence-electron chi connectivity index (χ1n) is 6.11. The molecule has 1 fully saturated rings. The van der Waals surface area contributed by atoms with Gasteiger partial charge in [0.25, 0.3) is 0 Å². The third-order valence-electron chi connectivity index (χ3n) is 3.16. The van der Waals surface area contributed by atoms with Gasteiger partial charge in [-0.3, -0.25) is 4.79 Å². The molecule has 0 bridgehead atoms. The van der Waals surface area contributed by atoms with Crippen molar-refractivity contribution in [1.82, 2.24) is 10.2 Å². The van der Waals surface area contributed by atoms with Crippen molar-refractivity contribution < 1.29 is 9.53 Å². The quantitative estimate of drug-likeness (QED) is 0.759. The summed E-state index contributed by atoms with van der Waals surface area (Å²) in [6.07, 6.45) is 2.88. The molecule has 94 valence electrons. The number of ether oxygens (including phenoxy) is 1. The Hall–Kier alpha value is -0.610. The molecular weight excluding hydrogens is 204 g/mol. The van der Waals surface area contributed by atoms with Gasteiger partial charge in [-0.2, -0.15) is 0 Å². The van der Waals surface area contributed by atoms with E-state index in [9.17, 15) is 4.79 Å². The van der Waals surface area contributed by atoms with Gasteiger partial charge in [-0.15, -0.1) is 0 Å². The number of methoxy groups -OCH3 is 1. The highest BCUT2D eigenvalue weighted by molar-refractivity contribution is 5.76. The van der Waals surface area contributed by atoms with Gasteiger partial charge in [0, 0.05) is 39.3 Å². The average Bonchev–Trinajstić information content (AvgIpc) is 2.29. The van der Waals surface area contributed by atoms with Crippen LogP contribution in [0.4, 0.5) is 0 Å². The van der Waals surface area contributed by atoms with Crippen molar-refractivity contribution in [3.8, 4) is 0 Å². The third-order valence-corrected chi connectivity index (χ3v) is 3.16. The summed E-state index contributed by atoms with van der Waals surface area (Å²) in [6, 6.07) is 0.468. The first-order valence-corrected chi connectivity index (χ1v) is 6.11. The Kier molecular flexibility index (Phi) is 5.77. The number of carbonyl (C=O) groups excluding carboxylic acids is 1. The van der Waals surface area contributed by atoms with E-state index in [2.05, 4.69) is 12.2 Å². The van der Waals surface area contributed by atoms with Crippen molar-refractivity contribution in [2.75, 3.05) is 33.9 Å². The highest BCUT2D eigenvalue weighted by Gasteiger charge is 2.23. The number of nitrogens with one attached hydrogen (secondary N) is 1. The molecule has 0 saturated carbocycles. The van der Waals surface area contributed by atoms with Gasteiger partial charge in [-0.05, 0) is 25.8 Å². The second-order valence-electron chi connectivity index (χ2n) is 4.73. The van der Waals surface area contributed by atoms with Crippen LogP contribution < -0.4 is 5.32 Å². The Morgan fingerprint density at radius 1 is 1.62 bits per heavy atom. The lowest BCUT2D eigenvalue weighted by Crippen LogP contribution is -2.47. The lowest BCUT2D eigenvalue weighted by atomic mass is 10.0. The normalized spacial score (nSPS) is 23.2. The van der Waals surface area contributed by atoms with E-state index in [1.165, 1.54) is 6.42 Å². The van der Waals surface area contributed by atoms with Crippen molar-refractivity contribution in [2.45, 2.75) is 32.2 Å². The molecule has 0 aliphatic carbocycles. The summed E-state index contributed by atoms with van der Waals surface area (Å²) >= 11 is 0. The van der Waals surface area contributed by atoms with Crippen molar-refractivity contribution in [3.05, 3.63) is 0 Å². The van der Waals surface area contributed by atoms with E-state index < -0.39 is 0 Å². The maximum atomic E-state index is 12.0. The average molecular weight is 228 g/mol. The molecule has 4 nitrogen and oxygen atoms in total. The van der Waals surface area contributed by atoms with Crippen LogP contribution in [0.1, 0.15) is 26.2 Å². The Balaban J connectivity index is 2.35. The van der Waals surface area contributed by atoms with Crippen LogP contribution in [0.2, 0.25) is 0 Å². The number of carbonyl (C=O) groups is 1. The van der Waals surface area contributed by atoms with Crippen LogP contribution in [-0.4, -0.2) is 50.7 Å². The van der Waals surface area contributed by atoms with Crippen molar-refractivity contribution in [3.63, 3.8) is 0 Å². The molecule has 4 heteroatoms. The molecule has 0 aromatic rings. The summed E-state index contributed by atoms with van der Waals surface area (Å²) in [5.41, 5.74) is 0. The van der Waals surface area contributed by atoms with Gasteiger partial charge in [0.05, 0.1) is 0 Å². The first kappa shape index (κ1) is 13.5. The zero-order valence-corrected chi connectivity index (χ0v) is 10.7. The van der Waals surface area contributed by atoms with E-state index in [1.54, 1.807) is 7.11 Å². The van der Waals surface area contributed by atoms with Crippen molar-refractivity contribution in [1.29, 1.82) is 0 Å². The zero-order valence-electron chi connectivity index (χ0n) is 10.7. The first-order chi connectivity index (χ1) is 7.67. The van der Waals surface area contributed by atoms with Crippen LogP contribution in [0, 0.1) is 5.92 Å². The highest BCUT2D eigenvalue weighted by Crippen LogP contribution is 2.13. The Bertz CT molecular complexity index is 221. The number of rotatable bonds is 5. The van der Waals surface area contributed by atoms with Crippen molar-refractivity contribution >= 4 is 5.91 Å². The summed E-state index contributed by atoms with van der Waals surface area (Å²) in [6.45, 7) is 4.49. The Morgan fingerprint density at radius 3 is 3.00 bits per heavy atom. The predicted molar refractivity (Wildman–Crippen MR) is 64.3 cm³/mol. The van der Waals surface area contributed by atoms with Gasteiger partial charge in [0.15, 0.2) is 0 Å². The smallest absolute Gasteiger partial charge is 0.222 e. The fourth-order valence-corrected chi connectivity index (χ4v) is 2.21. The molecule has 1 aliphatic rings. The molecule has 0 aromatic heterocycles. The Labute approximate surface area is 98.3 Å². The number of likely N-dealkylation sites (N-methyl/N-ethyl adjacent to an activating group) is 1. The minimum Gasteiger partial charge on any atom is -0.384 e. The molecule has 1 rings (SSSR count). The standard InChI is InChI=1S/C12H24N2O2/c1-10(9-16-3)7-12(15)14-6-4-5-11(8-14)13-2/h10-11,13H,4-9H2,1-3H3. The summed E-state index contributed by atoms with van der Waals surface area (Å²) in [7, 11) is 3.64. The summed E-state index contributed by atoms with van der Waals surface area (Å²) in [5.74, 6) is 0.581. The summed E-state index contributed by atoms with van der Waals surface area (Å²) < 4.78 is 5.05. The Morgan fingerprint density at radius 2 is 2.38 bits per heavy atom. The monoisotopic (exact) mass is 228 g/mol. The van der Waals surface area contributed by atoms with Crippen LogP contribution in [0.15, 0.2) is 0 Å². The minimum atomic E-state index is 0.268. The topological polar surface area (TPSA) is 41.6 Å². The highest BCUT2D eigenvalue weighted by atomic mass is 16.5. The lowest BCUT2D eigenvalue weighted by molar-refractivity contribution is -0.133. The molecule has 0 radical (unpaired) electrons. The van der Waals surface area contributed by atoms with E-state index >= 15 is 0 Å². The predicted octanol–water partition coefficient (Wildman–Crippen LogP) is 0.869. The fraction of sp³-hybridized carbons (Fsp3) is 0.917. The minimum absolute atomic E-state index is 0.268. The number of amides is 1. The number of piperidine rings is 1. The molecule has 1 saturated heterocycles. The number of hydrogen-bond acceptors (Lipinski definition) is 3. The van der Waals surface area contributed by atoms with E-state index in [-0.39, 0.29) is 5.91 Å². The van der Waals surface area contributed by atoms with Gasteiger partial charge < -0.3 is 15.0 Å². The molecule has 0 spiro atoms. The van der Waals surface area contributed by atoms with Crippen LogP contribution in [-0.2, 0) is 9.53 Å². The molecule has 1 heterocycles. The van der Waals surface area contributed by atoms with Gasteiger partial charge in [0.1, 0.15) is 0 Å². The summed E-state index contributed by atoms with van der Waals surface area (Å²) in [5, 5.41) is 3.25. The molecule has 1 amide bonds. The lowest BCUT2D eigenvalue weighted by Gasteiger charge is -2.33. The fourth-order valence-electron chi connectivity index (χ4n) is 2.21. The molecule has 2 unspecified atom stereocenters. The molecular formula is C12H24N2O2. The van der Waals surface area contributed by atoms with E-state index in [0.29, 0.717) is 25.0 Å². The second-order valence-corrected chi connectivity index (χ2v) is 4.73.